The molecule has 1 aliphatic heterocycles. The third-order valence-electron chi connectivity index (χ3n) is 4.75. The predicted octanol–water partition coefficient (Wildman–Crippen LogP) is 3.96. The average Bonchev–Trinajstić information content (AvgIpc) is 3.07. The van der Waals surface area contributed by atoms with Crippen molar-refractivity contribution in [3.8, 4) is 10.4 Å². The summed E-state index contributed by atoms with van der Waals surface area (Å²) in [5, 5.41) is 2.90. The lowest BCUT2D eigenvalue weighted by Gasteiger charge is -2.35. The molecule has 2 amide bonds. The summed E-state index contributed by atoms with van der Waals surface area (Å²) >= 11 is 7.48. The molecule has 1 aliphatic rings. The maximum atomic E-state index is 12.5. The number of urea groups is 1. The molecule has 3 rings (SSSR count). The third-order valence-corrected chi connectivity index (χ3v) is 7.34. The summed E-state index contributed by atoms with van der Waals surface area (Å²) in [7, 11) is -1.41. The van der Waals surface area contributed by atoms with E-state index >= 15 is 0 Å². The molecule has 0 spiro atoms. The molecule has 1 N–H and O–H groups in total. The summed E-state index contributed by atoms with van der Waals surface area (Å²) in [4.78, 5) is 15.3. The lowest BCUT2D eigenvalue weighted by molar-refractivity contribution is 0.174. The van der Waals surface area contributed by atoms with Crippen LogP contribution >= 0.6 is 22.9 Å². The smallest absolute Gasteiger partial charge is 0.321 e. The van der Waals surface area contributed by atoms with Crippen molar-refractivity contribution in [1.29, 1.82) is 0 Å². The van der Waals surface area contributed by atoms with Crippen LogP contribution < -0.4 is 5.32 Å². The highest BCUT2D eigenvalue weighted by Gasteiger charge is 2.29. The maximum Gasteiger partial charge on any atom is 0.321 e. The number of benzene rings is 1. The lowest BCUT2D eigenvalue weighted by atomic mass is 10.1. The number of piperidine rings is 1. The zero-order chi connectivity index (χ0) is 19.6. The van der Waals surface area contributed by atoms with Gasteiger partial charge in [-0.05, 0) is 42.7 Å². The van der Waals surface area contributed by atoms with Gasteiger partial charge in [-0.3, -0.25) is 0 Å². The van der Waals surface area contributed by atoms with Crippen molar-refractivity contribution < 1.29 is 13.2 Å². The van der Waals surface area contributed by atoms with Gasteiger partial charge in [-0.15, -0.1) is 11.3 Å². The Morgan fingerprint density at radius 2 is 1.81 bits per heavy atom. The van der Waals surface area contributed by atoms with Gasteiger partial charge in [0.05, 0.1) is 10.6 Å². The van der Waals surface area contributed by atoms with Gasteiger partial charge in [0.15, 0.2) is 0 Å². The van der Waals surface area contributed by atoms with E-state index in [1.807, 2.05) is 36.4 Å². The van der Waals surface area contributed by atoms with Crippen LogP contribution in [0.5, 0.6) is 0 Å². The van der Waals surface area contributed by atoms with Crippen molar-refractivity contribution in [3.05, 3.63) is 40.7 Å². The van der Waals surface area contributed by atoms with Crippen LogP contribution in [0.3, 0.4) is 0 Å². The van der Waals surface area contributed by atoms with E-state index in [9.17, 15) is 13.2 Å². The highest BCUT2D eigenvalue weighted by molar-refractivity contribution is 7.88. The first-order valence-corrected chi connectivity index (χ1v) is 11.6. The highest BCUT2D eigenvalue weighted by atomic mass is 35.5. The number of carbonyl (C=O) groups is 1. The maximum absolute atomic E-state index is 12.5. The molecule has 2 heterocycles. The number of thiophene rings is 1. The van der Waals surface area contributed by atoms with Crippen LogP contribution in [0.2, 0.25) is 4.34 Å². The first kappa shape index (κ1) is 20.1. The van der Waals surface area contributed by atoms with E-state index in [4.69, 9.17) is 11.6 Å². The van der Waals surface area contributed by atoms with E-state index < -0.39 is 10.0 Å². The van der Waals surface area contributed by atoms with Crippen LogP contribution in [0.4, 0.5) is 10.5 Å². The molecule has 2 aromatic rings. The number of amides is 2. The summed E-state index contributed by atoms with van der Waals surface area (Å²) < 4.78 is 25.4. The normalized spacial score (nSPS) is 16.3. The Balaban J connectivity index is 1.57. The Hall–Kier alpha value is -1.61. The minimum absolute atomic E-state index is 0.0236. The van der Waals surface area contributed by atoms with Crippen molar-refractivity contribution in [2.24, 2.45) is 0 Å². The number of nitrogens with one attached hydrogen (secondary N) is 1. The number of anilines is 1. The summed E-state index contributed by atoms with van der Waals surface area (Å²) in [6.45, 7) is 0.887. The Kier molecular flexibility index (Phi) is 6.10. The molecule has 146 valence electrons. The molecular weight excluding hydrogens is 406 g/mol. The van der Waals surface area contributed by atoms with Gasteiger partial charge in [-0.25, -0.2) is 17.5 Å². The van der Waals surface area contributed by atoms with E-state index in [1.165, 1.54) is 21.9 Å². The van der Waals surface area contributed by atoms with Crippen molar-refractivity contribution >= 4 is 44.7 Å². The number of carbonyl (C=O) groups excluding carboxylic acids is 1. The van der Waals surface area contributed by atoms with Gasteiger partial charge in [0.1, 0.15) is 0 Å². The SMILES string of the molecule is CN(C(=O)Nc1ccc(-c2ccc(Cl)s2)cc1)C1CCN(S(C)(=O)=O)CC1. The van der Waals surface area contributed by atoms with Crippen molar-refractivity contribution in [3.63, 3.8) is 0 Å². The number of sulfonamides is 1. The summed E-state index contributed by atoms with van der Waals surface area (Å²) in [6, 6.07) is 11.3. The standard InChI is InChI=1S/C18H22ClN3O3S2/c1-21(15-9-11-22(12-10-15)27(2,24)25)18(23)20-14-5-3-13(4-6-14)16-7-8-17(19)26-16/h3-8,15H,9-12H2,1-2H3,(H,20,23). The number of nitrogens with zero attached hydrogens (tertiary/aromatic N) is 2. The molecule has 27 heavy (non-hydrogen) atoms. The van der Waals surface area contributed by atoms with Crippen LogP contribution in [-0.4, -0.2) is 56.1 Å². The molecule has 1 aromatic heterocycles. The van der Waals surface area contributed by atoms with Crippen LogP contribution in [0.25, 0.3) is 10.4 Å². The van der Waals surface area contributed by atoms with Gasteiger partial charge < -0.3 is 10.2 Å². The number of hydrogen-bond donors (Lipinski definition) is 1. The van der Waals surface area contributed by atoms with Crippen molar-refractivity contribution in [2.75, 3.05) is 31.7 Å². The largest absolute Gasteiger partial charge is 0.325 e. The second-order valence-corrected chi connectivity index (χ2v) is 10.3. The third kappa shape index (κ3) is 5.01. The fourth-order valence-corrected chi connectivity index (χ4v) is 5.05. The molecule has 9 heteroatoms. The average molecular weight is 428 g/mol. The van der Waals surface area contributed by atoms with Gasteiger partial charge >= 0.3 is 6.03 Å². The molecule has 6 nitrogen and oxygen atoms in total. The molecule has 0 unspecified atom stereocenters. The monoisotopic (exact) mass is 427 g/mol. The summed E-state index contributed by atoms with van der Waals surface area (Å²) in [5.41, 5.74) is 1.76. The van der Waals surface area contributed by atoms with Gasteiger partial charge in [0.25, 0.3) is 0 Å². The predicted molar refractivity (Wildman–Crippen MR) is 111 cm³/mol. The summed E-state index contributed by atoms with van der Waals surface area (Å²) in [6.07, 6.45) is 2.49. The first-order valence-electron chi connectivity index (χ1n) is 8.59. The second-order valence-electron chi connectivity index (χ2n) is 6.62. The molecule has 0 bridgehead atoms. The molecule has 0 saturated carbocycles. The minimum Gasteiger partial charge on any atom is -0.325 e. The molecule has 0 aliphatic carbocycles. The van der Waals surface area contributed by atoms with E-state index in [-0.39, 0.29) is 12.1 Å². The summed E-state index contributed by atoms with van der Waals surface area (Å²) in [5.74, 6) is 0. The fraction of sp³-hybridized carbons (Fsp3) is 0.389. The Labute approximate surface area is 168 Å². The van der Waals surface area contributed by atoms with Gasteiger partial charge in [0, 0.05) is 36.7 Å². The molecule has 1 fully saturated rings. The molecule has 0 radical (unpaired) electrons. The van der Waals surface area contributed by atoms with Crippen molar-refractivity contribution in [2.45, 2.75) is 18.9 Å². The molecule has 1 aromatic carbocycles. The zero-order valence-corrected chi connectivity index (χ0v) is 17.6. The van der Waals surface area contributed by atoms with E-state index in [2.05, 4.69) is 5.32 Å². The van der Waals surface area contributed by atoms with Gasteiger partial charge in [-0.2, -0.15) is 0 Å². The second kappa shape index (κ2) is 8.18. The minimum atomic E-state index is -3.16. The number of hydrogen-bond acceptors (Lipinski definition) is 4. The van der Waals surface area contributed by atoms with Crippen LogP contribution in [0.15, 0.2) is 36.4 Å². The van der Waals surface area contributed by atoms with Gasteiger partial charge in [-0.1, -0.05) is 23.7 Å². The van der Waals surface area contributed by atoms with Gasteiger partial charge in [0.2, 0.25) is 10.0 Å². The molecule has 0 atom stereocenters. The van der Waals surface area contributed by atoms with Crippen molar-refractivity contribution in [1.82, 2.24) is 9.21 Å². The first-order chi connectivity index (χ1) is 12.7. The quantitative estimate of drug-likeness (QED) is 0.802. The Bertz CT molecular complexity index is 904. The number of rotatable bonds is 4. The lowest BCUT2D eigenvalue weighted by Crippen LogP contribution is -2.48. The number of halogens is 1. The van der Waals surface area contributed by atoms with E-state index in [0.717, 1.165) is 14.8 Å². The molecular formula is C18H22ClN3O3S2. The molecule has 1 saturated heterocycles. The topological polar surface area (TPSA) is 69.7 Å². The van der Waals surface area contributed by atoms with E-state index in [0.29, 0.717) is 31.6 Å². The Morgan fingerprint density at radius 3 is 2.33 bits per heavy atom. The fourth-order valence-electron chi connectivity index (χ4n) is 3.13. The zero-order valence-electron chi connectivity index (χ0n) is 15.2. The highest BCUT2D eigenvalue weighted by Crippen LogP contribution is 2.31. The van der Waals surface area contributed by atoms with E-state index in [1.54, 1.807) is 11.9 Å². The van der Waals surface area contributed by atoms with Crippen LogP contribution in [0, 0.1) is 0 Å². The Morgan fingerprint density at radius 1 is 1.19 bits per heavy atom. The van der Waals surface area contributed by atoms with Crippen LogP contribution in [0.1, 0.15) is 12.8 Å². The van der Waals surface area contributed by atoms with Crippen LogP contribution in [-0.2, 0) is 10.0 Å².